The van der Waals surface area contributed by atoms with E-state index in [-0.39, 0.29) is 74.0 Å². The van der Waals surface area contributed by atoms with Gasteiger partial charge in [0.05, 0.1) is 126 Å². The van der Waals surface area contributed by atoms with Gasteiger partial charge in [-0.15, -0.1) is 0 Å². The molecule has 145 heavy (non-hydrogen) atoms. The summed E-state index contributed by atoms with van der Waals surface area (Å²) >= 11 is 0. The maximum atomic E-state index is 13.2. The van der Waals surface area contributed by atoms with E-state index in [9.17, 15) is 57.5 Å². The third-order valence-electron chi connectivity index (χ3n) is 27.9. The number of benzene rings is 1. The van der Waals surface area contributed by atoms with Crippen LogP contribution in [0.5, 0.6) is 0 Å². The normalized spacial score (nSPS) is 16.1. The van der Waals surface area contributed by atoms with Gasteiger partial charge in [0.1, 0.15) is 27.7 Å². The number of carbonyl (C=O) groups is 4. The van der Waals surface area contributed by atoms with E-state index in [1.165, 1.54) is 24.8 Å². The van der Waals surface area contributed by atoms with Gasteiger partial charge < -0.3 is 37.7 Å². The molecule has 17 aromatic heterocycles. The summed E-state index contributed by atoms with van der Waals surface area (Å²) in [4.78, 5) is 234. The number of pyridine rings is 11. The van der Waals surface area contributed by atoms with Crippen molar-refractivity contribution in [2.45, 2.75) is 82.0 Å². The number of nitrogens with two attached hydrogens (primary N) is 4. The summed E-state index contributed by atoms with van der Waals surface area (Å²) < 4.78 is 6.54. The lowest BCUT2D eigenvalue weighted by atomic mass is 10.0. The van der Waals surface area contributed by atoms with E-state index in [1.807, 2.05) is 129 Å². The van der Waals surface area contributed by atoms with Crippen LogP contribution in [0.3, 0.4) is 0 Å². The summed E-state index contributed by atoms with van der Waals surface area (Å²) in [7, 11) is 2.10. The number of H-pyrrole nitrogens is 5. The molecule has 5 saturated heterocycles. The SMILES string of the molecule is CN1CCN(c2ncc(-c3ccc4ncc5c(=O)[nH]c(=O)n(C6CCN(CC(N)=O)CC6)c5c4n3)cn2)CC1.NC(=O)CN1CCC(n2c(=O)[nH]c(=O)c3cnc4ccc(-c5c[nH]c6ncccc56)nc4c32)CC1.NC(=O)CN1CCC(n2c(=O)[nH]c(=O)c3cnc4ccc(-c5cnc6c(c5)C=CC6)nc4c32)CC1.NC(=O)CN1CCC(n2c(=O)[nH]c(=O)c3cnc4ccc(-c5cnc6ccccc6c5)nc4c32)CC1. The fraction of sp³-hybridized carbons (Fsp3) is 0.297. The minimum Gasteiger partial charge on any atom is -0.369 e. The number of amides is 4. The highest BCUT2D eigenvalue weighted by molar-refractivity contribution is 6.05. The average Bonchev–Trinajstić information content (AvgIpc) is 1.69. The van der Waals surface area contributed by atoms with Crippen molar-refractivity contribution >= 4 is 145 Å². The number of rotatable bonds is 17. The molecule has 6 aliphatic rings. The lowest BCUT2D eigenvalue weighted by Crippen LogP contribution is -2.45. The van der Waals surface area contributed by atoms with Crippen molar-refractivity contribution in [3.63, 3.8) is 0 Å². The van der Waals surface area contributed by atoms with Crippen LogP contribution in [0.2, 0.25) is 0 Å². The average molecular weight is 1950 g/mol. The second kappa shape index (κ2) is 39.7. The number of aromatic amines is 5. The molecule has 5 fully saturated rings. The largest absolute Gasteiger partial charge is 0.369 e. The molecule has 13 N–H and O–H groups in total. The molecule has 18 aromatic rings. The zero-order valence-corrected chi connectivity index (χ0v) is 78.6. The molecule has 0 spiro atoms. The quantitative estimate of drug-likeness (QED) is 0.0561. The van der Waals surface area contributed by atoms with Crippen molar-refractivity contribution in [2.75, 3.05) is 117 Å². The third kappa shape index (κ3) is 19.1. The number of anilines is 1. The van der Waals surface area contributed by atoms with E-state index in [4.69, 9.17) is 42.9 Å². The first kappa shape index (κ1) is 94.0. The number of likely N-dealkylation sites (N-methyl/N-ethyl adjacent to an activating group) is 1. The fourth-order valence-electron chi connectivity index (χ4n) is 20.7. The van der Waals surface area contributed by atoms with Crippen molar-refractivity contribution in [1.82, 2.24) is 132 Å². The number of primary amides is 4. The molecule has 0 unspecified atom stereocenters. The Balaban J connectivity index is 0.000000114. The van der Waals surface area contributed by atoms with Crippen LogP contribution in [0.1, 0.15) is 86.8 Å². The Kier molecular flexibility index (Phi) is 25.7. The second-order valence-electron chi connectivity index (χ2n) is 37.2. The van der Waals surface area contributed by atoms with E-state index in [1.54, 1.807) is 49.3 Å². The van der Waals surface area contributed by atoms with Crippen LogP contribution in [0.15, 0.2) is 203 Å². The number of piperazine rings is 1. The first-order chi connectivity index (χ1) is 70.3. The van der Waals surface area contributed by atoms with Crippen LogP contribution in [-0.4, -0.2) is 268 Å². The molecule has 1 aliphatic carbocycles. The van der Waals surface area contributed by atoms with Gasteiger partial charge in [0.25, 0.3) is 22.2 Å². The minimum atomic E-state index is -0.501. The molecular weight excluding hydrogens is 1850 g/mol. The number of hydrogen-bond donors (Lipinski definition) is 9. The summed E-state index contributed by atoms with van der Waals surface area (Å²) in [5.41, 5.74) is 33.3. The van der Waals surface area contributed by atoms with E-state index < -0.39 is 45.0 Å². The Morgan fingerprint density at radius 1 is 0.359 bits per heavy atom. The van der Waals surface area contributed by atoms with E-state index in [2.05, 4.69) is 92.7 Å². The predicted molar refractivity (Wildman–Crippen MR) is 546 cm³/mol. The lowest BCUT2D eigenvalue weighted by molar-refractivity contribution is -0.120. The maximum absolute atomic E-state index is 13.2. The molecule has 0 atom stereocenters. The number of fused-ring (bicyclic) bond motifs is 15. The van der Waals surface area contributed by atoms with Crippen molar-refractivity contribution < 1.29 is 19.2 Å². The van der Waals surface area contributed by atoms with Gasteiger partial charge >= 0.3 is 22.8 Å². The van der Waals surface area contributed by atoms with Crippen LogP contribution in [0.4, 0.5) is 5.95 Å². The van der Waals surface area contributed by atoms with Crippen LogP contribution in [-0.2, 0) is 25.6 Å². The molecule has 24 rings (SSSR count). The van der Waals surface area contributed by atoms with Crippen molar-refractivity contribution in [1.29, 1.82) is 0 Å². The topological polar surface area (TPSA) is 595 Å². The number of allylic oxidation sites excluding steroid dienone is 1. The molecule has 1 aromatic carbocycles. The van der Waals surface area contributed by atoms with E-state index in [0.717, 1.165) is 88.0 Å². The van der Waals surface area contributed by atoms with Crippen molar-refractivity contribution in [2.24, 2.45) is 22.9 Å². The highest BCUT2D eigenvalue weighted by Gasteiger charge is 2.33. The van der Waals surface area contributed by atoms with Gasteiger partial charge in [-0.1, -0.05) is 30.4 Å². The van der Waals surface area contributed by atoms with Gasteiger partial charge in [0.2, 0.25) is 29.6 Å². The zero-order valence-electron chi connectivity index (χ0n) is 78.6. The number of piperidine rings is 4. The Morgan fingerprint density at radius 2 is 0.717 bits per heavy atom. The first-order valence-electron chi connectivity index (χ1n) is 47.8. The summed E-state index contributed by atoms with van der Waals surface area (Å²) in [6.07, 6.45) is 26.6. The van der Waals surface area contributed by atoms with Gasteiger partial charge in [0, 0.05) is 204 Å². The Hall–Kier alpha value is -17.2. The first-order valence-corrected chi connectivity index (χ1v) is 47.8. The van der Waals surface area contributed by atoms with Gasteiger partial charge in [-0.3, -0.25) is 126 Å². The molecule has 5 aliphatic heterocycles. The van der Waals surface area contributed by atoms with Crippen LogP contribution < -0.4 is 72.8 Å². The highest BCUT2D eigenvalue weighted by atomic mass is 16.2. The van der Waals surface area contributed by atoms with Gasteiger partial charge in [0.15, 0.2) is 0 Å². The molecule has 44 heteroatoms. The monoisotopic (exact) mass is 1950 g/mol. The van der Waals surface area contributed by atoms with Gasteiger partial charge in [-0.2, -0.15) is 0 Å². The van der Waals surface area contributed by atoms with E-state index >= 15 is 0 Å². The Morgan fingerprint density at radius 3 is 1.12 bits per heavy atom. The van der Waals surface area contributed by atoms with Crippen molar-refractivity contribution in [3.8, 4) is 45.0 Å². The van der Waals surface area contributed by atoms with Gasteiger partial charge in [-0.05, 0) is 143 Å². The number of aromatic nitrogens is 22. The number of para-hydroxylation sites is 1. The lowest BCUT2D eigenvalue weighted by Gasteiger charge is -2.32. The summed E-state index contributed by atoms with van der Waals surface area (Å²) in [5.74, 6) is -0.828. The molecule has 0 radical (unpaired) electrons. The zero-order chi connectivity index (χ0) is 100. The number of likely N-dealkylation sites (tertiary alicyclic amines) is 4. The number of carbonyl (C=O) groups excluding carboxylic acids is 4. The maximum Gasteiger partial charge on any atom is 0.329 e. The number of nitrogens with one attached hydrogen (secondary N) is 5. The Labute approximate surface area is 819 Å². The molecule has 44 nitrogen and oxygen atoms in total. The minimum absolute atomic E-state index is 0.158. The third-order valence-corrected chi connectivity index (χ3v) is 27.9. The number of hydrogen-bond acceptors (Lipinski definition) is 31. The number of nitrogens with zero attached hydrogens (tertiary/aromatic N) is 23. The predicted octanol–water partition coefficient (Wildman–Crippen LogP) is 4.62. The van der Waals surface area contributed by atoms with Crippen LogP contribution >= 0.6 is 0 Å². The van der Waals surface area contributed by atoms with Crippen LogP contribution in [0, 0.1) is 0 Å². The fourth-order valence-corrected chi connectivity index (χ4v) is 20.7. The molecule has 22 heterocycles. The summed E-state index contributed by atoms with van der Waals surface area (Å²) in [6.45, 7) is 9.33. The highest BCUT2D eigenvalue weighted by Crippen LogP contribution is 2.38. The summed E-state index contributed by atoms with van der Waals surface area (Å²) in [5, 5.41) is 3.14. The molecule has 0 saturated carbocycles. The molecule has 734 valence electrons. The van der Waals surface area contributed by atoms with E-state index in [0.29, 0.717) is 220 Å². The molecule has 0 bridgehead atoms. The molecule has 4 amide bonds. The van der Waals surface area contributed by atoms with Gasteiger partial charge in [-0.25, -0.2) is 54.1 Å². The van der Waals surface area contributed by atoms with Crippen molar-refractivity contribution in [3.05, 3.63) is 260 Å². The standard InChI is InChI=1S/C26H30N10O3.C26H23N7O3.C25H23N7O3.C24H22N8O3/c1-33-8-10-35(11-9-33)25-29-12-16(13-30-25)19-2-3-20-22(31-19)23-18(14-28-20)24(38)32-26(39)36(23)17-4-6-34(7-5-17)15-21(27)37;27-22(34)14-32-9-7-17(8-10-32)33-24-18(25(35)31-26(33)36)13-29-21-6-5-20(30-23(21)24)16-11-15-3-1-2-4-19(15)28-12-16;26-21(33)13-31-8-6-16(7-9-31)32-23-17(24(34)30-25(32)35)12-28-20-5-4-19(29-22(20)23)15-10-14-2-1-3-18(14)27-11-15;25-19(33)12-31-8-5-13(6-9-31)32-21-16(23(34)30-24(32)35)11-27-18-4-3-17(29-20(18)21)15-10-28-22-14(15)2-1-7-26-22/h2-3,12-14,17H,4-11,15H2,1H3,(H2,27,37)(H,32,38,39);1-6,11-13,17H,7-10,14H2,(H2,27,34)(H,31,35,36);1-2,4-5,10-12,16H,3,6-9,13H2,(H2,26,33)(H,30,34,35);1-4,7,10-11,13H,5-6,8-9,12H2,(H2,25,33)(H,26,28)(H,30,34,35). The second-order valence-corrected chi connectivity index (χ2v) is 37.2. The Bertz CT molecular complexity index is 8820. The summed E-state index contributed by atoms with van der Waals surface area (Å²) in [6, 6.07) is 29.9. The molecular formula is C101H98N32O12. The van der Waals surface area contributed by atoms with Crippen LogP contribution in [0.25, 0.3) is 161 Å². The smallest absolute Gasteiger partial charge is 0.329 e.